The normalized spacial score (nSPS) is 27.7. The smallest absolute Gasteiger partial charge is 0.310 e. The lowest BCUT2D eigenvalue weighted by atomic mass is 9.69. The topological polar surface area (TPSA) is 40.5 Å². The fourth-order valence-corrected chi connectivity index (χ4v) is 4.40. The molecule has 0 aliphatic heterocycles. The number of carbonyl (C=O) groups is 1. The molecule has 3 nitrogen and oxygen atoms in total. The van der Waals surface area contributed by atoms with Gasteiger partial charge in [0.2, 0.25) is 0 Å². The highest BCUT2D eigenvalue weighted by atomic mass is 32.1. The quantitative estimate of drug-likeness (QED) is 0.866. The maximum Gasteiger partial charge on any atom is 0.310 e. The fourth-order valence-electron chi connectivity index (χ4n) is 3.57. The second-order valence-electron chi connectivity index (χ2n) is 6.83. The van der Waals surface area contributed by atoms with E-state index in [-0.39, 0.29) is 0 Å². The number of aliphatic carboxylic acids is 1. The Morgan fingerprint density at radius 1 is 1.62 bits per heavy atom. The van der Waals surface area contributed by atoms with Gasteiger partial charge in [-0.1, -0.05) is 25.8 Å². The molecule has 0 amide bonds. The average molecular weight is 309 g/mol. The van der Waals surface area contributed by atoms with Crippen LogP contribution in [0.4, 0.5) is 0 Å². The molecule has 2 rings (SSSR count). The molecule has 0 bridgehead atoms. The highest BCUT2D eigenvalue weighted by molar-refractivity contribution is 7.09. The molecular weight excluding hydrogens is 282 g/mol. The highest BCUT2D eigenvalue weighted by Gasteiger charge is 2.43. The number of carboxylic acid groups (broad SMARTS) is 1. The van der Waals surface area contributed by atoms with Gasteiger partial charge in [-0.2, -0.15) is 0 Å². The molecule has 0 radical (unpaired) electrons. The van der Waals surface area contributed by atoms with Crippen LogP contribution in [0.5, 0.6) is 0 Å². The molecule has 1 heterocycles. The predicted octanol–water partition coefficient (Wildman–Crippen LogP) is 3.89. The molecule has 1 aliphatic rings. The van der Waals surface area contributed by atoms with Crippen molar-refractivity contribution in [3.05, 3.63) is 22.4 Å². The molecule has 1 aliphatic carbocycles. The number of hydrogen-bond donors (Lipinski definition) is 1. The number of carboxylic acids is 1. The molecule has 4 heteroatoms. The monoisotopic (exact) mass is 309 g/mol. The lowest BCUT2D eigenvalue weighted by molar-refractivity contribution is -0.153. The van der Waals surface area contributed by atoms with Gasteiger partial charge < -0.3 is 10.0 Å². The van der Waals surface area contributed by atoms with E-state index in [2.05, 4.69) is 43.3 Å². The molecule has 118 valence electrons. The fraction of sp³-hybridized carbons (Fsp3) is 0.706. The largest absolute Gasteiger partial charge is 0.481 e. The van der Waals surface area contributed by atoms with E-state index in [0.717, 1.165) is 25.7 Å². The summed E-state index contributed by atoms with van der Waals surface area (Å²) in [5, 5.41) is 11.9. The summed E-state index contributed by atoms with van der Waals surface area (Å²) in [7, 11) is 2.07. The van der Waals surface area contributed by atoms with Crippen molar-refractivity contribution in [1.29, 1.82) is 0 Å². The second-order valence-corrected chi connectivity index (χ2v) is 7.87. The maximum absolute atomic E-state index is 11.9. The van der Waals surface area contributed by atoms with Crippen molar-refractivity contribution < 1.29 is 9.90 Å². The van der Waals surface area contributed by atoms with E-state index in [4.69, 9.17) is 0 Å². The summed E-state index contributed by atoms with van der Waals surface area (Å²) in [6.45, 7) is 5.05. The molecule has 0 saturated heterocycles. The summed E-state index contributed by atoms with van der Waals surface area (Å²) >= 11 is 1.78. The first-order chi connectivity index (χ1) is 9.93. The van der Waals surface area contributed by atoms with E-state index in [1.165, 1.54) is 11.3 Å². The van der Waals surface area contributed by atoms with Crippen LogP contribution in [0.1, 0.15) is 44.4 Å². The molecule has 1 N–H and O–H groups in total. The number of hydrogen-bond acceptors (Lipinski definition) is 3. The maximum atomic E-state index is 11.9. The standard InChI is InChI=1S/C17H27NO2S/c1-13-6-4-8-17(11-13,16(19)20)12-18(3)14(2)10-15-7-5-9-21-15/h5,7,9,13-14H,4,6,8,10-12H2,1-3H3,(H,19,20). The van der Waals surface area contributed by atoms with Crippen LogP contribution >= 0.6 is 11.3 Å². The van der Waals surface area contributed by atoms with Gasteiger partial charge in [-0.15, -0.1) is 11.3 Å². The molecular formula is C17H27NO2S. The number of rotatable bonds is 6. The van der Waals surface area contributed by atoms with Crippen LogP contribution in [0.25, 0.3) is 0 Å². The van der Waals surface area contributed by atoms with Crippen molar-refractivity contribution >= 4 is 17.3 Å². The van der Waals surface area contributed by atoms with Gasteiger partial charge in [0.25, 0.3) is 0 Å². The van der Waals surface area contributed by atoms with Gasteiger partial charge in [-0.25, -0.2) is 0 Å². The van der Waals surface area contributed by atoms with Crippen LogP contribution in [0.3, 0.4) is 0 Å². The van der Waals surface area contributed by atoms with E-state index >= 15 is 0 Å². The summed E-state index contributed by atoms with van der Waals surface area (Å²) in [5.41, 5.74) is -0.546. The van der Waals surface area contributed by atoms with E-state index < -0.39 is 11.4 Å². The molecule has 21 heavy (non-hydrogen) atoms. The minimum absolute atomic E-state index is 0.372. The third kappa shape index (κ3) is 4.07. The number of thiophene rings is 1. The van der Waals surface area contributed by atoms with Gasteiger partial charge in [0.15, 0.2) is 0 Å². The van der Waals surface area contributed by atoms with Gasteiger partial charge in [0.1, 0.15) is 0 Å². The van der Waals surface area contributed by atoms with Crippen molar-refractivity contribution in [3.63, 3.8) is 0 Å². The first-order valence-electron chi connectivity index (χ1n) is 7.89. The van der Waals surface area contributed by atoms with E-state index in [1.54, 1.807) is 11.3 Å². The molecule has 0 spiro atoms. The van der Waals surface area contributed by atoms with Gasteiger partial charge in [-0.05, 0) is 50.6 Å². The molecule has 0 aromatic carbocycles. The summed E-state index contributed by atoms with van der Waals surface area (Å²) in [6, 6.07) is 4.61. The predicted molar refractivity (Wildman–Crippen MR) is 87.8 cm³/mol. The van der Waals surface area contributed by atoms with Gasteiger partial charge in [0, 0.05) is 17.5 Å². The Balaban J connectivity index is 2.00. The van der Waals surface area contributed by atoms with Crippen molar-refractivity contribution in [2.75, 3.05) is 13.6 Å². The van der Waals surface area contributed by atoms with Crippen LogP contribution < -0.4 is 0 Å². The number of nitrogens with zero attached hydrogens (tertiary/aromatic N) is 1. The Labute approximate surface area is 132 Å². The lowest BCUT2D eigenvalue weighted by Crippen LogP contribution is -2.47. The van der Waals surface area contributed by atoms with Crippen LogP contribution in [0.2, 0.25) is 0 Å². The minimum Gasteiger partial charge on any atom is -0.481 e. The zero-order chi connectivity index (χ0) is 15.5. The third-order valence-electron chi connectivity index (χ3n) is 4.93. The van der Waals surface area contributed by atoms with Crippen molar-refractivity contribution in [2.24, 2.45) is 11.3 Å². The summed E-state index contributed by atoms with van der Waals surface area (Å²) in [6.07, 6.45) is 4.85. The van der Waals surface area contributed by atoms with E-state index in [1.807, 2.05) is 0 Å². The number of likely N-dealkylation sites (N-methyl/N-ethyl adjacent to an activating group) is 1. The SMILES string of the molecule is CC1CCCC(CN(C)C(C)Cc2cccs2)(C(=O)O)C1. The zero-order valence-corrected chi connectivity index (χ0v) is 14.2. The molecule has 1 aromatic heterocycles. The summed E-state index contributed by atoms with van der Waals surface area (Å²) in [4.78, 5) is 15.5. The first-order valence-corrected chi connectivity index (χ1v) is 8.77. The lowest BCUT2D eigenvalue weighted by Gasteiger charge is -2.40. The average Bonchev–Trinajstić information content (AvgIpc) is 2.91. The van der Waals surface area contributed by atoms with Crippen LogP contribution in [-0.2, 0) is 11.2 Å². The van der Waals surface area contributed by atoms with Gasteiger partial charge >= 0.3 is 5.97 Å². The Morgan fingerprint density at radius 3 is 2.95 bits per heavy atom. The van der Waals surface area contributed by atoms with Gasteiger partial charge in [0.05, 0.1) is 5.41 Å². The molecule has 1 fully saturated rings. The summed E-state index contributed by atoms with van der Waals surface area (Å²) in [5.74, 6) is -0.0833. The van der Waals surface area contributed by atoms with Gasteiger partial charge in [-0.3, -0.25) is 4.79 Å². The van der Waals surface area contributed by atoms with Crippen LogP contribution in [-0.4, -0.2) is 35.6 Å². The Bertz CT molecular complexity index is 459. The summed E-state index contributed by atoms with van der Waals surface area (Å²) < 4.78 is 0. The Hall–Kier alpha value is -0.870. The highest BCUT2D eigenvalue weighted by Crippen LogP contribution is 2.40. The zero-order valence-electron chi connectivity index (χ0n) is 13.3. The molecule has 3 unspecified atom stereocenters. The van der Waals surface area contributed by atoms with Crippen molar-refractivity contribution in [3.8, 4) is 0 Å². The van der Waals surface area contributed by atoms with Crippen LogP contribution in [0.15, 0.2) is 17.5 Å². The second kappa shape index (κ2) is 6.93. The van der Waals surface area contributed by atoms with Crippen molar-refractivity contribution in [2.45, 2.75) is 52.0 Å². The third-order valence-corrected chi connectivity index (χ3v) is 5.83. The Kier molecular flexibility index (Phi) is 5.44. The van der Waals surface area contributed by atoms with Crippen LogP contribution in [0, 0.1) is 11.3 Å². The Morgan fingerprint density at radius 2 is 2.38 bits per heavy atom. The molecule has 1 saturated carbocycles. The molecule has 1 aromatic rings. The first kappa shape index (κ1) is 16.5. The molecule has 3 atom stereocenters. The van der Waals surface area contributed by atoms with E-state index in [0.29, 0.717) is 18.5 Å². The van der Waals surface area contributed by atoms with Crippen molar-refractivity contribution in [1.82, 2.24) is 4.90 Å². The van der Waals surface area contributed by atoms with E-state index in [9.17, 15) is 9.90 Å². The minimum atomic E-state index is -0.607.